The summed E-state index contributed by atoms with van der Waals surface area (Å²) < 4.78 is 1.08. The van der Waals surface area contributed by atoms with Crippen molar-refractivity contribution in [1.82, 2.24) is 4.98 Å². The lowest BCUT2D eigenvalue weighted by Gasteiger charge is -2.06. The van der Waals surface area contributed by atoms with Crippen LogP contribution in [0.3, 0.4) is 0 Å². The normalized spacial score (nSPS) is 11.1. The molecule has 1 heterocycles. The summed E-state index contributed by atoms with van der Waals surface area (Å²) in [4.78, 5) is 17.8. The molecule has 0 aliphatic rings. The number of hydrogen-bond donors (Lipinski definition) is 1. The van der Waals surface area contributed by atoms with Gasteiger partial charge in [-0.3, -0.25) is 4.79 Å². The van der Waals surface area contributed by atoms with Gasteiger partial charge in [0.25, 0.3) is 0 Å². The molecule has 0 saturated heterocycles. The van der Waals surface area contributed by atoms with Gasteiger partial charge in [0.05, 0.1) is 16.6 Å². The molecular formula is C18H18N2OS2. The predicted octanol–water partition coefficient (Wildman–Crippen LogP) is 4.98. The van der Waals surface area contributed by atoms with Gasteiger partial charge < -0.3 is 5.32 Å². The summed E-state index contributed by atoms with van der Waals surface area (Å²) in [5, 5.41) is 4.10. The highest BCUT2D eigenvalue weighted by molar-refractivity contribution is 7.99. The van der Waals surface area contributed by atoms with Crippen LogP contribution in [-0.4, -0.2) is 16.1 Å². The molecule has 118 valence electrons. The van der Waals surface area contributed by atoms with Crippen LogP contribution in [0.1, 0.15) is 19.4 Å². The van der Waals surface area contributed by atoms with E-state index in [2.05, 4.69) is 36.3 Å². The largest absolute Gasteiger partial charge is 0.302 e. The van der Waals surface area contributed by atoms with Crippen LogP contribution in [0.2, 0.25) is 0 Å². The monoisotopic (exact) mass is 342 g/mol. The molecule has 0 aliphatic heterocycles. The fourth-order valence-corrected chi connectivity index (χ4v) is 3.95. The standard InChI is InChI=1S/C18H18N2OS2/c1-12(2)22-14-9-7-13(8-10-14)11-17(21)20-18-19-15-5-3-4-6-16(15)23-18/h3-10,12H,11H2,1-2H3,(H,19,20,21). The van der Waals surface area contributed by atoms with Crippen LogP contribution in [-0.2, 0) is 11.2 Å². The molecule has 0 bridgehead atoms. The maximum absolute atomic E-state index is 12.2. The Hall–Kier alpha value is -1.85. The Kier molecular flexibility index (Phi) is 4.98. The summed E-state index contributed by atoms with van der Waals surface area (Å²) >= 11 is 3.32. The topological polar surface area (TPSA) is 42.0 Å². The molecule has 5 heteroatoms. The molecule has 2 aromatic carbocycles. The highest BCUT2D eigenvalue weighted by Crippen LogP contribution is 2.26. The maximum Gasteiger partial charge on any atom is 0.230 e. The minimum absolute atomic E-state index is 0.0340. The van der Waals surface area contributed by atoms with E-state index >= 15 is 0 Å². The van der Waals surface area contributed by atoms with Crippen LogP contribution in [0.5, 0.6) is 0 Å². The second-order valence-corrected chi connectivity index (χ2v) is 8.20. The Morgan fingerprint density at radius 3 is 2.61 bits per heavy atom. The fraction of sp³-hybridized carbons (Fsp3) is 0.222. The second-order valence-electron chi connectivity index (χ2n) is 5.52. The molecule has 0 saturated carbocycles. The highest BCUT2D eigenvalue weighted by atomic mass is 32.2. The lowest BCUT2D eigenvalue weighted by atomic mass is 10.1. The van der Waals surface area contributed by atoms with Crippen LogP contribution in [0.4, 0.5) is 5.13 Å². The summed E-state index contributed by atoms with van der Waals surface area (Å²) in [5.41, 5.74) is 1.93. The van der Waals surface area contributed by atoms with E-state index in [-0.39, 0.29) is 5.91 Å². The van der Waals surface area contributed by atoms with Crippen molar-refractivity contribution in [3.05, 3.63) is 54.1 Å². The number of benzene rings is 2. The van der Waals surface area contributed by atoms with Crippen molar-refractivity contribution < 1.29 is 4.79 Å². The number of fused-ring (bicyclic) bond motifs is 1. The minimum Gasteiger partial charge on any atom is -0.302 e. The lowest BCUT2D eigenvalue weighted by Crippen LogP contribution is -2.14. The number of aromatic nitrogens is 1. The zero-order valence-corrected chi connectivity index (χ0v) is 14.7. The number of rotatable bonds is 5. The van der Waals surface area contributed by atoms with Crippen molar-refractivity contribution in [3.63, 3.8) is 0 Å². The fourth-order valence-electron chi connectivity index (χ4n) is 2.23. The van der Waals surface area contributed by atoms with Gasteiger partial charge in [-0.1, -0.05) is 49.4 Å². The number of nitrogens with one attached hydrogen (secondary N) is 1. The Balaban J connectivity index is 1.62. The van der Waals surface area contributed by atoms with E-state index in [4.69, 9.17) is 0 Å². The van der Waals surface area contributed by atoms with Gasteiger partial charge in [0.2, 0.25) is 5.91 Å². The predicted molar refractivity (Wildman–Crippen MR) is 99.4 cm³/mol. The van der Waals surface area contributed by atoms with E-state index in [1.165, 1.54) is 16.2 Å². The molecule has 1 amide bonds. The summed E-state index contributed by atoms with van der Waals surface area (Å²) in [6.07, 6.45) is 0.364. The number of thioether (sulfide) groups is 1. The molecule has 3 aromatic rings. The Morgan fingerprint density at radius 1 is 1.17 bits per heavy atom. The van der Waals surface area contributed by atoms with Gasteiger partial charge >= 0.3 is 0 Å². The zero-order valence-electron chi connectivity index (χ0n) is 13.1. The summed E-state index contributed by atoms with van der Waals surface area (Å²) in [6, 6.07) is 16.1. The molecule has 1 N–H and O–H groups in total. The number of hydrogen-bond acceptors (Lipinski definition) is 4. The van der Waals surface area contributed by atoms with Gasteiger partial charge in [-0.15, -0.1) is 11.8 Å². The first-order valence-corrected chi connectivity index (χ1v) is 9.21. The van der Waals surface area contributed by atoms with Crippen LogP contribution in [0.15, 0.2) is 53.4 Å². The number of carbonyl (C=O) groups excluding carboxylic acids is 1. The quantitative estimate of drug-likeness (QED) is 0.665. The third-order valence-corrected chi connectivity index (χ3v) is 5.17. The molecule has 0 radical (unpaired) electrons. The molecule has 3 nitrogen and oxygen atoms in total. The minimum atomic E-state index is -0.0340. The Morgan fingerprint density at radius 2 is 1.91 bits per heavy atom. The van der Waals surface area contributed by atoms with E-state index < -0.39 is 0 Å². The number of para-hydroxylation sites is 1. The van der Waals surface area contributed by atoms with Crippen LogP contribution in [0, 0.1) is 0 Å². The van der Waals surface area contributed by atoms with Gasteiger partial charge in [0, 0.05) is 10.1 Å². The van der Waals surface area contributed by atoms with E-state index in [0.29, 0.717) is 16.8 Å². The second kappa shape index (κ2) is 7.15. The highest BCUT2D eigenvalue weighted by Gasteiger charge is 2.08. The molecule has 1 aromatic heterocycles. The number of nitrogens with zero attached hydrogens (tertiary/aromatic N) is 1. The third-order valence-electron chi connectivity index (χ3n) is 3.20. The van der Waals surface area contributed by atoms with Gasteiger partial charge in [0.1, 0.15) is 0 Å². The van der Waals surface area contributed by atoms with Crippen molar-refractivity contribution in [1.29, 1.82) is 0 Å². The number of amides is 1. The first-order valence-electron chi connectivity index (χ1n) is 7.51. The van der Waals surface area contributed by atoms with Gasteiger partial charge in [-0.25, -0.2) is 4.98 Å². The molecular weight excluding hydrogens is 324 g/mol. The van der Waals surface area contributed by atoms with E-state index in [9.17, 15) is 4.79 Å². The first-order chi connectivity index (χ1) is 11.1. The maximum atomic E-state index is 12.2. The summed E-state index contributed by atoms with van der Waals surface area (Å²) in [6.45, 7) is 4.34. The molecule has 0 fully saturated rings. The van der Waals surface area contributed by atoms with Crippen LogP contribution in [0.25, 0.3) is 10.2 Å². The molecule has 0 unspecified atom stereocenters. The summed E-state index contributed by atoms with van der Waals surface area (Å²) in [5.74, 6) is -0.0340. The third kappa shape index (κ3) is 4.33. The van der Waals surface area contributed by atoms with Gasteiger partial charge in [-0.05, 0) is 29.8 Å². The number of carbonyl (C=O) groups is 1. The van der Waals surface area contributed by atoms with Crippen molar-refractivity contribution in [3.8, 4) is 0 Å². The first kappa shape index (κ1) is 16.0. The lowest BCUT2D eigenvalue weighted by molar-refractivity contribution is -0.115. The zero-order chi connectivity index (χ0) is 16.2. The van der Waals surface area contributed by atoms with Crippen molar-refractivity contribution >= 4 is 44.4 Å². The number of anilines is 1. The molecule has 0 atom stereocenters. The Bertz CT molecular complexity index is 776. The van der Waals surface area contributed by atoms with Crippen molar-refractivity contribution in [2.24, 2.45) is 0 Å². The van der Waals surface area contributed by atoms with Crippen molar-refractivity contribution in [2.75, 3.05) is 5.32 Å². The SMILES string of the molecule is CC(C)Sc1ccc(CC(=O)Nc2nc3ccccc3s2)cc1. The van der Waals surface area contributed by atoms with E-state index in [1.54, 1.807) is 0 Å². The molecule has 3 rings (SSSR count). The van der Waals surface area contributed by atoms with Crippen molar-refractivity contribution in [2.45, 2.75) is 30.4 Å². The average Bonchev–Trinajstić information content (AvgIpc) is 2.90. The average molecular weight is 342 g/mol. The van der Waals surface area contributed by atoms with Crippen LogP contribution < -0.4 is 5.32 Å². The Labute approximate surface area is 144 Å². The van der Waals surface area contributed by atoms with Gasteiger partial charge in [-0.2, -0.15) is 0 Å². The number of thiazole rings is 1. The summed E-state index contributed by atoms with van der Waals surface area (Å²) in [7, 11) is 0. The smallest absolute Gasteiger partial charge is 0.230 e. The van der Waals surface area contributed by atoms with Crippen LogP contribution >= 0.6 is 23.1 Å². The molecule has 0 spiro atoms. The van der Waals surface area contributed by atoms with E-state index in [1.807, 2.05) is 48.2 Å². The molecule has 0 aliphatic carbocycles. The van der Waals surface area contributed by atoms with E-state index in [0.717, 1.165) is 15.8 Å². The van der Waals surface area contributed by atoms with Gasteiger partial charge in [0.15, 0.2) is 5.13 Å². The molecule has 23 heavy (non-hydrogen) atoms.